The molecule has 0 spiro atoms. The summed E-state index contributed by atoms with van der Waals surface area (Å²) in [5, 5.41) is 6.19. The first-order valence-corrected chi connectivity index (χ1v) is 3.77. The normalized spacial score (nSPS) is 28.2. The summed E-state index contributed by atoms with van der Waals surface area (Å²) in [4.78, 5) is 11.3. The van der Waals surface area contributed by atoms with Crippen molar-refractivity contribution in [2.24, 2.45) is 0 Å². The molecule has 0 saturated carbocycles. The maximum absolute atomic E-state index is 11.3. The zero-order valence-electron chi connectivity index (χ0n) is 6.13. The molecule has 0 amide bonds. The predicted molar refractivity (Wildman–Crippen MR) is 41.8 cm³/mol. The molecule has 0 radical (unpaired) electrons. The Morgan fingerprint density at radius 2 is 2.45 bits per heavy atom. The number of carbonyl (C=O) groups excluding carboxylic acids is 1. The van der Waals surface area contributed by atoms with Crippen molar-refractivity contribution in [1.82, 2.24) is 10.6 Å². The van der Waals surface area contributed by atoms with E-state index in [1.807, 2.05) is 12.2 Å². The number of Topliss-reactive ketones (excluding diaryl/α,β-unsaturated/α-hetero) is 1. The minimum absolute atomic E-state index is 0.103. The van der Waals surface area contributed by atoms with Gasteiger partial charge in [-0.25, -0.2) is 0 Å². The summed E-state index contributed by atoms with van der Waals surface area (Å²) in [5.74, 6) is 0.277. The highest BCUT2D eigenvalue weighted by molar-refractivity contribution is 5.88. The SMILES string of the molecule is O=C1CCNC2=CC=CNC12. The first-order valence-electron chi connectivity index (χ1n) is 3.77. The van der Waals surface area contributed by atoms with Crippen molar-refractivity contribution in [2.75, 3.05) is 6.54 Å². The van der Waals surface area contributed by atoms with E-state index in [4.69, 9.17) is 0 Å². The van der Waals surface area contributed by atoms with Gasteiger partial charge in [-0.2, -0.15) is 0 Å². The third-order valence-electron chi connectivity index (χ3n) is 1.97. The summed E-state index contributed by atoms with van der Waals surface area (Å²) < 4.78 is 0. The molecule has 2 heterocycles. The van der Waals surface area contributed by atoms with Gasteiger partial charge in [0.1, 0.15) is 6.04 Å². The minimum Gasteiger partial charge on any atom is -0.386 e. The molecule has 1 unspecified atom stereocenters. The van der Waals surface area contributed by atoms with Crippen LogP contribution >= 0.6 is 0 Å². The number of dihydropyridines is 1. The second kappa shape index (κ2) is 2.42. The number of piperidine rings is 1. The second-order valence-corrected chi connectivity index (χ2v) is 2.72. The summed E-state index contributed by atoms with van der Waals surface area (Å²) in [6.07, 6.45) is 6.28. The van der Waals surface area contributed by atoms with Gasteiger partial charge >= 0.3 is 0 Å². The van der Waals surface area contributed by atoms with Gasteiger partial charge in [-0.3, -0.25) is 4.79 Å². The first kappa shape index (κ1) is 6.46. The lowest BCUT2D eigenvalue weighted by atomic mass is 10.0. The number of hydrogen-bond acceptors (Lipinski definition) is 3. The highest BCUT2D eigenvalue weighted by Gasteiger charge is 2.25. The Labute approximate surface area is 65.2 Å². The van der Waals surface area contributed by atoms with Crippen LogP contribution in [0.1, 0.15) is 6.42 Å². The van der Waals surface area contributed by atoms with Gasteiger partial charge in [0.15, 0.2) is 5.78 Å². The molecule has 0 aliphatic carbocycles. The van der Waals surface area contributed by atoms with Crippen molar-refractivity contribution in [3.63, 3.8) is 0 Å². The van der Waals surface area contributed by atoms with Crippen LogP contribution in [0, 0.1) is 0 Å². The van der Waals surface area contributed by atoms with E-state index in [1.54, 1.807) is 6.20 Å². The maximum Gasteiger partial charge on any atom is 0.162 e. The van der Waals surface area contributed by atoms with Crippen LogP contribution in [0.2, 0.25) is 0 Å². The fraction of sp³-hybridized carbons (Fsp3) is 0.375. The zero-order chi connectivity index (χ0) is 7.68. The van der Waals surface area contributed by atoms with E-state index in [9.17, 15) is 4.79 Å². The molecule has 58 valence electrons. The largest absolute Gasteiger partial charge is 0.386 e. The molecule has 2 aliphatic heterocycles. The molecule has 2 rings (SSSR count). The summed E-state index contributed by atoms with van der Waals surface area (Å²) in [6, 6.07) is -0.103. The number of allylic oxidation sites excluding steroid dienone is 2. The van der Waals surface area contributed by atoms with Crippen molar-refractivity contribution < 1.29 is 4.79 Å². The highest BCUT2D eigenvalue weighted by Crippen LogP contribution is 2.11. The molecule has 0 aromatic heterocycles. The standard InChI is InChI=1S/C8H10N2O/c11-7-3-5-9-6-2-1-4-10-8(6)7/h1-2,4,8-10H,3,5H2. The number of fused-ring (bicyclic) bond motifs is 1. The van der Waals surface area contributed by atoms with Crippen LogP contribution < -0.4 is 10.6 Å². The summed E-state index contributed by atoms with van der Waals surface area (Å²) in [5.41, 5.74) is 1.00. The Morgan fingerprint density at radius 1 is 1.55 bits per heavy atom. The topological polar surface area (TPSA) is 41.1 Å². The highest BCUT2D eigenvalue weighted by atomic mass is 16.1. The average Bonchev–Trinajstić information content (AvgIpc) is 2.06. The quantitative estimate of drug-likeness (QED) is 0.507. The van der Waals surface area contributed by atoms with E-state index in [0.29, 0.717) is 6.42 Å². The molecule has 3 heteroatoms. The second-order valence-electron chi connectivity index (χ2n) is 2.72. The van der Waals surface area contributed by atoms with Crippen LogP contribution in [0.15, 0.2) is 24.0 Å². The molecule has 2 N–H and O–H groups in total. The summed E-state index contributed by atoms with van der Waals surface area (Å²) >= 11 is 0. The predicted octanol–water partition coefficient (Wildman–Crippen LogP) is -0.0818. The van der Waals surface area contributed by atoms with Crippen molar-refractivity contribution >= 4 is 5.78 Å². The van der Waals surface area contributed by atoms with Gasteiger partial charge in [-0.1, -0.05) is 0 Å². The van der Waals surface area contributed by atoms with Crippen LogP contribution in [-0.2, 0) is 4.79 Å². The lowest BCUT2D eigenvalue weighted by Crippen LogP contribution is -2.46. The molecule has 11 heavy (non-hydrogen) atoms. The number of ketones is 1. The zero-order valence-corrected chi connectivity index (χ0v) is 6.13. The third kappa shape index (κ3) is 1.02. The summed E-state index contributed by atoms with van der Waals surface area (Å²) in [7, 11) is 0. The van der Waals surface area contributed by atoms with E-state index in [2.05, 4.69) is 10.6 Å². The van der Waals surface area contributed by atoms with Crippen molar-refractivity contribution in [3.05, 3.63) is 24.0 Å². The van der Waals surface area contributed by atoms with Crippen molar-refractivity contribution in [1.29, 1.82) is 0 Å². The lowest BCUT2D eigenvalue weighted by Gasteiger charge is -2.27. The molecule has 1 saturated heterocycles. The lowest BCUT2D eigenvalue weighted by molar-refractivity contribution is -0.120. The minimum atomic E-state index is -0.103. The van der Waals surface area contributed by atoms with Gasteiger partial charge in [0.25, 0.3) is 0 Å². The Morgan fingerprint density at radius 3 is 3.27 bits per heavy atom. The van der Waals surface area contributed by atoms with Crippen LogP contribution in [-0.4, -0.2) is 18.4 Å². The Hall–Kier alpha value is -1.25. The van der Waals surface area contributed by atoms with Crippen LogP contribution in [0.4, 0.5) is 0 Å². The Balaban J connectivity index is 2.24. The number of rotatable bonds is 0. The molecule has 0 aromatic carbocycles. The van der Waals surface area contributed by atoms with E-state index >= 15 is 0 Å². The van der Waals surface area contributed by atoms with E-state index in [-0.39, 0.29) is 11.8 Å². The van der Waals surface area contributed by atoms with Crippen LogP contribution in [0.3, 0.4) is 0 Å². The van der Waals surface area contributed by atoms with E-state index in [1.165, 1.54) is 0 Å². The van der Waals surface area contributed by atoms with Gasteiger partial charge in [0.05, 0.1) is 0 Å². The monoisotopic (exact) mass is 150 g/mol. The Kier molecular flexibility index (Phi) is 1.42. The van der Waals surface area contributed by atoms with Crippen LogP contribution in [0.5, 0.6) is 0 Å². The summed E-state index contributed by atoms with van der Waals surface area (Å²) in [6.45, 7) is 0.774. The van der Waals surface area contributed by atoms with Gasteiger partial charge in [0.2, 0.25) is 0 Å². The molecule has 3 nitrogen and oxygen atoms in total. The molecule has 0 aromatic rings. The smallest absolute Gasteiger partial charge is 0.162 e. The fourth-order valence-corrected chi connectivity index (χ4v) is 1.39. The number of carbonyl (C=O) groups is 1. The van der Waals surface area contributed by atoms with Crippen molar-refractivity contribution in [3.8, 4) is 0 Å². The molecular weight excluding hydrogens is 140 g/mol. The first-order chi connectivity index (χ1) is 5.38. The molecule has 2 aliphatic rings. The Bertz CT molecular complexity index is 242. The molecular formula is C8H10N2O. The molecule has 1 atom stereocenters. The van der Waals surface area contributed by atoms with E-state index in [0.717, 1.165) is 12.2 Å². The van der Waals surface area contributed by atoms with Crippen LogP contribution in [0.25, 0.3) is 0 Å². The van der Waals surface area contributed by atoms with E-state index < -0.39 is 0 Å². The van der Waals surface area contributed by atoms with Gasteiger partial charge < -0.3 is 10.6 Å². The fourth-order valence-electron chi connectivity index (χ4n) is 1.39. The third-order valence-corrected chi connectivity index (χ3v) is 1.97. The molecule has 1 fully saturated rings. The number of hydrogen-bond donors (Lipinski definition) is 2. The van der Waals surface area contributed by atoms with Gasteiger partial charge in [-0.15, -0.1) is 0 Å². The van der Waals surface area contributed by atoms with Gasteiger partial charge in [0, 0.05) is 18.7 Å². The number of nitrogens with one attached hydrogen (secondary N) is 2. The average molecular weight is 150 g/mol. The van der Waals surface area contributed by atoms with Crippen molar-refractivity contribution in [2.45, 2.75) is 12.5 Å². The molecule has 0 bridgehead atoms. The maximum atomic E-state index is 11.3. The van der Waals surface area contributed by atoms with Gasteiger partial charge in [-0.05, 0) is 18.4 Å².